The van der Waals surface area contributed by atoms with Crippen molar-refractivity contribution in [2.75, 3.05) is 0 Å². The summed E-state index contributed by atoms with van der Waals surface area (Å²) < 4.78 is 2.21. The highest BCUT2D eigenvalue weighted by molar-refractivity contribution is 6.30. The van der Waals surface area contributed by atoms with Crippen LogP contribution in [0.1, 0.15) is 50.3 Å². The molecule has 4 heteroatoms. The van der Waals surface area contributed by atoms with Crippen LogP contribution in [0.4, 0.5) is 0 Å². The molecule has 0 spiro atoms. The van der Waals surface area contributed by atoms with Gasteiger partial charge in [0.1, 0.15) is 0 Å². The van der Waals surface area contributed by atoms with E-state index in [9.17, 15) is 4.79 Å². The van der Waals surface area contributed by atoms with Gasteiger partial charge in [-0.15, -0.1) is 0 Å². The Kier molecular flexibility index (Phi) is 5.62. The highest BCUT2D eigenvalue weighted by atomic mass is 35.5. The average molecular weight is 345 g/mol. The lowest BCUT2D eigenvalue weighted by molar-refractivity contribution is -0.132. The number of carbonyl (C=O) groups is 1. The van der Waals surface area contributed by atoms with Crippen LogP contribution in [0.25, 0.3) is 0 Å². The molecule has 3 nitrogen and oxygen atoms in total. The average Bonchev–Trinajstić information content (AvgIpc) is 3.00. The summed E-state index contributed by atoms with van der Waals surface area (Å²) in [6, 6.07) is 12.5. The molecule has 1 aliphatic rings. The fourth-order valence-electron chi connectivity index (χ4n) is 3.64. The van der Waals surface area contributed by atoms with Gasteiger partial charge in [-0.05, 0) is 42.7 Å². The third-order valence-corrected chi connectivity index (χ3v) is 5.15. The number of carbonyl (C=O) groups excluding carboxylic acids is 1. The molecule has 0 bridgehead atoms. The van der Waals surface area contributed by atoms with Crippen molar-refractivity contribution in [1.82, 2.24) is 9.47 Å². The van der Waals surface area contributed by atoms with Gasteiger partial charge in [0.15, 0.2) is 0 Å². The standard InChI is InChI=1S/C20H25ClN2O/c1-16(24)23(19-9-3-2-4-10-19)15-20-11-6-12-22(20)14-17-7-5-8-18(21)13-17/h5-8,11-13,19H,2-4,9-10,14-15H2,1H3. The maximum absolute atomic E-state index is 12.2. The molecule has 1 heterocycles. The molecule has 3 rings (SSSR count). The highest BCUT2D eigenvalue weighted by Crippen LogP contribution is 2.24. The summed E-state index contributed by atoms with van der Waals surface area (Å²) in [5, 5.41) is 0.758. The van der Waals surface area contributed by atoms with Crippen molar-refractivity contribution < 1.29 is 4.79 Å². The molecular formula is C20H25ClN2O. The van der Waals surface area contributed by atoms with E-state index in [2.05, 4.69) is 33.9 Å². The molecule has 0 unspecified atom stereocenters. The number of benzene rings is 1. The van der Waals surface area contributed by atoms with Gasteiger partial charge < -0.3 is 9.47 Å². The van der Waals surface area contributed by atoms with E-state index in [1.54, 1.807) is 6.92 Å². The molecule has 0 N–H and O–H groups in total. The van der Waals surface area contributed by atoms with E-state index < -0.39 is 0 Å². The molecule has 0 atom stereocenters. The van der Waals surface area contributed by atoms with E-state index in [4.69, 9.17) is 11.6 Å². The van der Waals surface area contributed by atoms with Gasteiger partial charge in [0.25, 0.3) is 0 Å². The van der Waals surface area contributed by atoms with E-state index in [1.807, 2.05) is 18.2 Å². The van der Waals surface area contributed by atoms with Crippen molar-refractivity contribution >= 4 is 17.5 Å². The van der Waals surface area contributed by atoms with Crippen molar-refractivity contribution in [3.05, 3.63) is 58.9 Å². The maximum Gasteiger partial charge on any atom is 0.220 e. The zero-order chi connectivity index (χ0) is 16.9. The molecule has 1 aromatic heterocycles. The fraction of sp³-hybridized carbons (Fsp3) is 0.450. The van der Waals surface area contributed by atoms with Crippen LogP contribution < -0.4 is 0 Å². The van der Waals surface area contributed by atoms with Gasteiger partial charge in [0.2, 0.25) is 5.91 Å². The SMILES string of the molecule is CC(=O)N(Cc1cccn1Cc1cccc(Cl)c1)C1CCCCC1. The van der Waals surface area contributed by atoms with Crippen LogP contribution in [-0.2, 0) is 17.9 Å². The lowest BCUT2D eigenvalue weighted by Crippen LogP contribution is -2.40. The molecule has 0 radical (unpaired) electrons. The first-order valence-corrected chi connectivity index (χ1v) is 9.17. The van der Waals surface area contributed by atoms with E-state index >= 15 is 0 Å². The van der Waals surface area contributed by atoms with E-state index in [-0.39, 0.29) is 5.91 Å². The van der Waals surface area contributed by atoms with Crippen LogP contribution in [0.15, 0.2) is 42.6 Å². The third kappa shape index (κ3) is 4.21. The second kappa shape index (κ2) is 7.89. The Morgan fingerprint density at radius 2 is 2.00 bits per heavy atom. The largest absolute Gasteiger partial charge is 0.345 e. The second-order valence-corrected chi connectivity index (χ2v) is 7.13. The van der Waals surface area contributed by atoms with Crippen LogP contribution in [0.5, 0.6) is 0 Å². The number of aromatic nitrogens is 1. The molecule has 0 saturated heterocycles. The first kappa shape index (κ1) is 17.1. The summed E-state index contributed by atoms with van der Waals surface area (Å²) in [6.45, 7) is 3.16. The first-order valence-electron chi connectivity index (χ1n) is 8.79. The van der Waals surface area contributed by atoms with Gasteiger partial charge in [-0.1, -0.05) is 43.0 Å². The van der Waals surface area contributed by atoms with Crippen molar-refractivity contribution in [2.24, 2.45) is 0 Å². The quantitative estimate of drug-likeness (QED) is 0.759. The third-order valence-electron chi connectivity index (χ3n) is 4.92. The Bertz CT molecular complexity index is 688. The predicted molar refractivity (Wildman–Crippen MR) is 98.1 cm³/mol. The summed E-state index contributed by atoms with van der Waals surface area (Å²) >= 11 is 6.09. The molecule has 1 fully saturated rings. The highest BCUT2D eigenvalue weighted by Gasteiger charge is 2.24. The number of nitrogens with zero attached hydrogens (tertiary/aromatic N) is 2. The summed E-state index contributed by atoms with van der Waals surface area (Å²) in [5.74, 6) is 0.178. The van der Waals surface area contributed by atoms with Gasteiger partial charge >= 0.3 is 0 Å². The molecular weight excluding hydrogens is 320 g/mol. The topological polar surface area (TPSA) is 25.2 Å². The monoisotopic (exact) mass is 344 g/mol. The fourth-order valence-corrected chi connectivity index (χ4v) is 3.86. The molecule has 1 saturated carbocycles. The molecule has 2 aromatic rings. The van der Waals surface area contributed by atoms with E-state index in [0.717, 1.165) is 24.4 Å². The number of hydrogen-bond donors (Lipinski definition) is 0. The van der Waals surface area contributed by atoms with Gasteiger partial charge in [0, 0.05) is 36.4 Å². The maximum atomic E-state index is 12.2. The minimum absolute atomic E-state index is 0.178. The zero-order valence-corrected chi connectivity index (χ0v) is 15.0. The Labute approximate surface area is 149 Å². The van der Waals surface area contributed by atoms with Crippen molar-refractivity contribution in [3.63, 3.8) is 0 Å². The van der Waals surface area contributed by atoms with Gasteiger partial charge in [-0.25, -0.2) is 0 Å². The second-order valence-electron chi connectivity index (χ2n) is 6.70. The Morgan fingerprint density at radius 3 is 2.71 bits per heavy atom. The van der Waals surface area contributed by atoms with Gasteiger partial charge in [0.05, 0.1) is 6.54 Å². The van der Waals surface area contributed by atoms with Gasteiger partial charge in [-0.3, -0.25) is 4.79 Å². The molecule has 1 amide bonds. The van der Waals surface area contributed by atoms with Gasteiger partial charge in [-0.2, -0.15) is 0 Å². The smallest absolute Gasteiger partial charge is 0.220 e. The van der Waals surface area contributed by atoms with Crippen LogP contribution >= 0.6 is 11.6 Å². The molecule has 1 aromatic carbocycles. The molecule has 128 valence electrons. The number of halogens is 1. The van der Waals surface area contributed by atoms with E-state index in [0.29, 0.717) is 12.6 Å². The summed E-state index contributed by atoms with van der Waals surface area (Å²) in [7, 11) is 0. The Morgan fingerprint density at radius 1 is 1.21 bits per heavy atom. The Hall–Kier alpha value is -1.74. The summed E-state index contributed by atoms with van der Waals surface area (Å²) in [4.78, 5) is 14.2. The van der Waals surface area contributed by atoms with Crippen molar-refractivity contribution in [1.29, 1.82) is 0 Å². The van der Waals surface area contributed by atoms with Crippen LogP contribution in [0.2, 0.25) is 5.02 Å². The lowest BCUT2D eigenvalue weighted by Gasteiger charge is -2.34. The first-order chi connectivity index (χ1) is 11.6. The molecule has 0 aliphatic heterocycles. The number of rotatable bonds is 5. The minimum Gasteiger partial charge on any atom is -0.345 e. The summed E-state index contributed by atoms with van der Waals surface area (Å²) in [6.07, 6.45) is 8.11. The van der Waals surface area contributed by atoms with Crippen molar-refractivity contribution in [2.45, 2.75) is 58.2 Å². The Balaban J connectivity index is 1.74. The van der Waals surface area contributed by atoms with Crippen LogP contribution in [0.3, 0.4) is 0 Å². The lowest BCUT2D eigenvalue weighted by atomic mass is 9.94. The normalized spacial score (nSPS) is 15.4. The number of amides is 1. The van der Waals surface area contributed by atoms with Crippen LogP contribution in [-0.4, -0.2) is 21.4 Å². The van der Waals surface area contributed by atoms with Crippen molar-refractivity contribution in [3.8, 4) is 0 Å². The number of hydrogen-bond acceptors (Lipinski definition) is 1. The zero-order valence-electron chi connectivity index (χ0n) is 14.2. The minimum atomic E-state index is 0.178. The van der Waals surface area contributed by atoms with E-state index in [1.165, 1.54) is 30.5 Å². The van der Waals surface area contributed by atoms with Crippen LogP contribution in [0, 0.1) is 0 Å². The predicted octanol–water partition coefficient (Wildman–Crippen LogP) is 4.87. The summed E-state index contributed by atoms with van der Waals surface area (Å²) in [5.41, 5.74) is 2.35. The molecule has 24 heavy (non-hydrogen) atoms. The molecule has 1 aliphatic carbocycles.